The third-order valence-electron chi connectivity index (χ3n) is 4.86. The van der Waals surface area contributed by atoms with E-state index in [-0.39, 0.29) is 10.9 Å². The lowest BCUT2D eigenvalue weighted by Crippen LogP contribution is -2.17. The summed E-state index contributed by atoms with van der Waals surface area (Å²) in [6.45, 7) is 0. The number of fused-ring (bicyclic) bond motifs is 1. The van der Waals surface area contributed by atoms with Crippen molar-refractivity contribution in [2.24, 2.45) is 5.73 Å². The van der Waals surface area contributed by atoms with Crippen LogP contribution in [0, 0.1) is 11.6 Å². The highest BCUT2D eigenvalue weighted by atomic mass is 32.2. The fourth-order valence-corrected chi connectivity index (χ4v) is 3.97. The fraction of sp³-hybridized carbons (Fsp3) is 0.0455. The van der Waals surface area contributed by atoms with Gasteiger partial charge in [0.05, 0.1) is 17.4 Å². The van der Waals surface area contributed by atoms with Crippen molar-refractivity contribution >= 4 is 38.4 Å². The van der Waals surface area contributed by atoms with Gasteiger partial charge in [-0.2, -0.15) is 0 Å². The smallest absolute Gasteiger partial charge is 0.251 e. The maximum Gasteiger partial charge on any atom is 0.251 e. The molecule has 1 amide bonds. The lowest BCUT2D eigenvalue weighted by Gasteiger charge is -2.08. The second-order valence-corrected chi connectivity index (χ2v) is 9.00. The molecular formula is C22H16F2N4O4S. The van der Waals surface area contributed by atoms with Crippen LogP contribution < -0.4 is 10.5 Å². The number of ketones is 1. The van der Waals surface area contributed by atoms with Crippen LogP contribution in [0.3, 0.4) is 0 Å². The van der Waals surface area contributed by atoms with Gasteiger partial charge in [-0.25, -0.2) is 22.2 Å². The van der Waals surface area contributed by atoms with Crippen LogP contribution in [0.15, 0.2) is 54.9 Å². The molecule has 0 saturated carbocycles. The molecule has 0 aliphatic carbocycles. The van der Waals surface area contributed by atoms with Crippen molar-refractivity contribution in [3.8, 4) is 11.1 Å². The topological polar surface area (TPSA) is 135 Å². The summed E-state index contributed by atoms with van der Waals surface area (Å²) >= 11 is 0. The van der Waals surface area contributed by atoms with Gasteiger partial charge in [0, 0.05) is 34.6 Å². The Balaban J connectivity index is 1.81. The van der Waals surface area contributed by atoms with E-state index in [0.717, 1.165) is 18.4 Å². The Morgan fingerprint density at radius 3 is 2.52 bits per heavy atom. The van der Waals surface area contributed by atoms with Gasteiger partial charge in [-0.15, -0.1) is 0 Å². The molecule has 0 fully saturated rings. The number of halogens is 2. The molecule has 2 aromatic carbocycles. The van der Waals surface area contributed by atoms with Gasteiger partial charge in [0.2, 0.25) is 15.8 Å². The van der Waals surface area contributed by atoms with Crippen molar-refractivity contribution in [2.75, 3.05) is 11.0 Å². The standard InChI is InChI=1S/C22H16F2N4O4S/c1-33(31,32)28-13-4-2-3-11(7-13)12-8-15-16(10-27-22(15)26-9-12)20(29)18-17(23)6-5-14(19(18)24)21(25)30/h2-10,28H,1H3,(H2,25,30)(H,26,27). The van der Waals surface area contributed by atoms with E-state index < -0.39 is 44.5 Å². The van der Waals surface area contributed by atoms with Crippen LogP contribution in [-0.2, 0) is 10.0 Å². The number of nitrogens with one attached hydrogen (secondary N) is 2. The Kier molecular flexibility index (Phi) is 5.42. The maximum atomic E-state index is 14.7. The van der Waals surface area contributed by atoms with Crippen LogP contribution in [-0.4, -0.2) is 36.3 Å². The molecule has 0 bridgehead atoms. The van der Waals surface area contributed by atoms with Gasteiger partial charge in [-0.3, -0.25) is 14.3 Å². The van der Waals surface area contributed by atoms with E-state index in [0.29, 0.717) is 22.5 Å². The first-order valence-corrected chi connectivity index (χ1v) is 11.3. The number of aromatic nitrogens is 2. The summed E-state index contributed by atoms with van der Waals surface area (Å²) in [5, 5.41) is 0.280. The van der Waals surface area contributed by atoms with Gasteiger partial charge < -0.3 is 10.7 Å². The molecule has 0 unspecified atom stereocenters. The number of primary amides is 1. The SMILES string of the molecule is CS(=O)(=O)Nc1cccc(-c2cnc3[nH]cc(C(=O)c4c(F)ccc(C(N)=O)c4F)c3c2)c1. The van der Waals surface area contributed by atoms with Crippen molar-refractivity contribution in [1.82, 2.24) is 9.97 Å². The molecule has 2 heterocycles. The number of pyridine rings is 1. The lowest BCUT2D eigenvalue weighted by atomic mass is 9.98. The average molecular weight is 470 g/mol. The predicted octanol–water partition coefficient (Wildman–Crippen LogP) is 3.21. The quantitative estimate of drug-likeness (QED) is 0.372. The molecule has 0 spiro atoms. The summed E-state index contributed by atoms with van der Waals surface area (Å²) in [6.07, 6.45) is 3.79. The number of benzene rings is 2. The Bertz CT molecular complexity index is 1550. The van der Waals surface area contributed by atoms with E-state index in [1.54, 1.807) is 30.3 Å². The number of rotatable bonds is 6. The predicted molar refractivity (Wildman–Crippen MR) is 118 cm³/mol. The number of sulfonamides is 1. The molecular weight excluding hydrogens is 454 g/mol. The zero-order chi connectivity index (χ0) is 23.9. The summed E-state index contributed by atoms with van der Waals surface area (Å²) in [7, 11) is -3.49. The van der Waals surface area contributed by atoms with Crippen LogP contribution in [0.25, 0.3) is 22.2 Å². The number of carbonyl (C=O) groups is 2. The Morgan fingerprint density at radius 1 is 1.06 bits per heavy atom. The molecule has 33 heavy (non-hydrogen) atoms. The number of carbonyl (C=O) groups excluding carboxylic acids is 2. The second kappa shape index (κ2) is 8.10. The minimum atomic E-state index is -3.49. The number of aromatic amines is 1. The molecule has 0 radical (unpaired) electrons. The maximum absolute atomic E-state index is 14.7. The summed E-state index contributed by atoms with van der Waals surface area (Å²) in [4.78, 5) is 31.5. The van der Waals surface area contributed by atoms with Crippen LogP contribution in [0.4, 0.5) is 14.5 Å². The van der Waals surface area contributed by atoms with Crippen molar-refractivity contribution in [3.63, 3.8) is 0 Å². The number of anilines is 1. The fourth-order valence-electron chi connectivity index (χ4n) is 3.41. The zero-order valence-electron chi connectivity index (χ0n) is 17.0. The first kappa shape index (κ1) is 22.1. The van der Waals surface area contributed by atoms with E-state index in [9.17, 15) is 26.8 Å². The highest BCUT2D eigenvalue weighted by molar-refractivity contribution is 7.92. The third kappa shape index (κ3) is 4.30. The first-order valence-electron chi connectivity index (χ1n) is 9.43. The number of hydrogen-bond donors (Lipinski definition) is 3. The molecule has 168 valence electrons. The van der Waals surface area contributed by atoms with E-state index >= 15 is 0 Å². The summed E-state index contributed by atoms with van der Waals surface area (Å²) in [5.41, 5.74) is 5.27. The van der Waals surface area contributed by atoms with Gasteiger partial charge in [0.15, 0.2) is 0 Å². The lowest BCUT2D eigenvalue weighted by molar-refractivity contribution is 0.0996. The van der Waals surface area contributed by atoms with Crippen molar-refractivity contribution < 1.29 is 26.8 Å². The van der Waals surface area contributed by atoms with Crippen LogP contribution in [0.2, 0.25) is 0 Å². The number of H-pyrrole nitrogens is 1. The molecule has 4 N–H and O–H groups in total. The Labute approximate surface area is 186 Å². The molecule has 2 aromatic heterocycles. The largest absolute Gasteiger partial charge is 0.366 e. The van der Waals surface area contributed by atoms with Crippen LogP contribution in [0.1, 0.15) is 26.3 Å². The average Bonchev–Trinajstić information content (AvgIpc) is 3.15. The Morgan fingerprint density at radius 2 is 1.82 bits per heavy atom. The van der Waals surface area contributed by atoms with E-state index in [2.05, 4.69) is 14.7 Å². The monoisotopic (exact) mass is 470 g/mol. The number of nitrogens with zero attached hydrogens (tertiary/aromatic N) is 1. The van der Waals surface area contributed by atoms with E-state index in [1.807, 2.05) is 0 Å². The molecule has 4 aromatic rings. The molecule has 0 aliphatic rings. The van der Waals surface area contributed by atoms with Gasteiger partial charge in [-0.1, -0.05) is 12.1 Å². The second-order valence-electron chi connectivity index (χ2n) is 7.25. The van der Waals surface area contributed by atoms with Gasteiger partial charge in [-0.05, 0) is 35.9 Å². The highest BCUT2D eigenvalue weighted by Gasteiger charge is 2.26. The number of hydrogen-bond acceptors (Lipinski definition) is 5. The van der Waals surface area contributed by atoms with E-state index in [4.69, 9.17) is 5.73 Å². The number of nitrogens with two attached hydrogens (primary N) is 1. The van der Waals surface area contributed by atoms with Crippen LogP contribution in [0.5, 0.6) is 0 Å². The third-order valence-corrected chi connectivity index (χ3v) is 5.46. The summed E-state index contributed by atoms with van der Waals surface area (Å²) < 4.78 is 54.5. The molecule has 11 heteroatoms. The number of amides is 1. The Hall–Kier alpha value is -4.12. The molecule has 0 atom stereocenters. The summed E-state index contributed by atoms with van der Waals surface area (Å²) in [6, 6.07) is 9.74. The highest BCUT2D eigenvalue weighted by Crippen LogP contribution is 2.29. The van der Waals surface area contributed by atoms with Crippen molar-refractivity contribution in [1.29, 1.82) is 0 Å². The molecule has 4 rings (SSSR count). The minimum absolute atomic E-state index is 0.0656. The zero-order valence-corrected chi connectivity index (χ0v) is 17.8. The van der Waals surface area contributed by atoms with Crippen LogP contribution >= 0.6 is 0 Å². The molecule has 0 saturated heterocycles. The van der Waals surface area contributed by atoms with Crippen molar-refractivity contribution in [3.05, 3.63) is 83.2 Å². The van der Waals surface area contributed by atoms with Gasteiger partial charge in [0.25, 0.3) is 5.91 Å². The minimum Gasteiger partial charge on any atom is -0.366 e. The molecule has 8 nitrogen and oxygen atoms in total. The van der Waals surface area contributed by atoms with E-state index in [1.165, 1.54) is 12.4 Å². The van der Waals surface area contributed by atoms with Gasteiger partial charge >= 0.3 is 0 Å². The van der Waals surface area contributed by atoms with Crippen molar-refractivity contribution in [2.45, 2.75) is 0 Å². The first-order chi connectivity index (χ1) is 15.5. The summed E-state index contributed by atoms with van der Waals surface area (Å²) in [5.74, 6) is -4.61. The normalized spacial score (nSPS) is 11.5. The van der Waals surface area contributed by atoms with Gasteiger partial charge in [0.1, 0.15) is 17.3 Å². The molecule has 0 aliphatic heterocycles.